The fourth-order valence-electron chi connectivity index (χ4n) is 3.91. The van der Waals surface area contributed by atoms with Gasteiger partial charge in [0.15, 0.2) is 0 Å². The van der Waals surface area contributed by atoms with Crippen molar-refractivity contribution < 1.29 is 13.8 Å². The van der Waals surface area contributed by atoms with Crippen LogP contribution in [0.4, 0.5) is 4.79 Å². The van der Waals surface area contributed by atoms with Gasteiger partial charge in [0.2, 0.25) is 0 Å². The first-order valence-corrected chi connectivity index (χ1v) is 11.4. The monoisotopic (exact) mass is 403 g/mol. The SMILES string of the molecule is C=CCCCCN1CCC2(CC1)NC(=O)N(Cc1ccc(S(C)=O)cc1)C2=O. The van der Waals surface area contributed by atoms with Crippen molar-refractivity contribution in [1.82, 2.24) is 15.1 Å². The van der Waals surface area contributed by atoms with E-state index >= 15 is 0 Å². The Hall–Kier alpha value is -1.99. The molecule has 3 rings (SSSR count). The molecular formula is C21H29N3O3S. The maximum Gasteiger partial charge on any atom is 0.325 e. The zero-order valence-corrected chi connectivity index (χ0v) is 17.3. The number of unbranched alkanes of at least 4 members (excludes halogenated alkanes) is 2. The Morgan fingerprint density at radius 1 is 1.18 bits per heavy atom. The molecule has 2 heterocycles. The van der Waals surface area contributed by atoms with Crippen molar-refractivity contribution in [3.63, 3.8) is 0 Å². The number of carbonyl (C=O) groups is 2. The van der Waals surface area contributed by atoms with Crippen LogP contribution in [0.1, 0.15) is 37.7 Å². The molecule has 1 aromatic rings. The molecule has 0 radical (unpaired) electrons. The van der Waals surface area contributed by atoms with Crippen molar-refractivity contribution in [3.8, 4) is 0 Å². The standard InChI is InChI=1S/C21H29N3O3S/c1-3-4-5-6-13-23-14-11-21(12-15-23)19(25)24(20(26)22-21)16-17-7-9-18(10-8-17)28(2)27/h3,7-10H,1,4-6,11-16H2,2H3,(H,22,26). The minimum Gasteiger partial charge on any atom is -0.323 e. The molecule has 0 saturated carbocycles. The molecular weight excluding hydrogens is 374 g/mol. The lowest BCUT2D eigenvalue weighted by atomic mass is 9.87. The van der Waals surface area contributed by atoms with Crippen molar-refractivity contribution in [2.75, 3.05) is 25.9 Å². The summed E-state index contributed by atoms with van der Waals surface area (Å²) in [7, 11) is -1.04. The van der Waals surface area contributed by atoms with Crippen LogP contribution < -0.4 is 5.32 Å². The van der Waals surface area contributed by atoms with E-state index in [4.69, 9.17) is 0 Å². The second-order valence-electron chi connectivity index (χ2n) is 7.63. The highest BCUT2D eigenvalue weighted by Crippen LogP contribution is 2.30. The van der Waals surface area contributed by atoms with Gasteiger partial charge in [-0.05, 0) is 56.3 Å². The molecule has 2 fully saturated rings. The number of benzene rings is 1. The predicted octanol–water partition coefficient (Wildman–Crippen LogP) is 2.67. The Labute approximate surface area is 169 Å². The number of hydrogen-bond acceptors (Lipinski definition) is 4. The van der Waals surface area contributed by atoms with Crippen LogP contribution in [0.2, 0.25) is 0 Å². The fourth-order valence-corrected chi connectivity index (χ4v) is 4.43. The van der Waals surface area contributed by atoms with Crippen molar-refractivity contribution in [2.24, 2.45) is 0 Å². The topological polar surface area (TPSA) is 69.7 Å². The number of piperidine rings is 1. The predicted molar refractivity (Wildman–Crippen MR) is 110 cm³/mol. The van der Waals surface area contributed by atoms with Gasteiger partial charge in [0.25, 0.3) is 5.91 Å². The molecule has 6 nitrogen and oxygen atoms in total. The van der Waals surface area contributed by atoms with Crippen LogP contribution in [0.3, 0.4) is 0 Å². The number of amides is 3. The van der Waals surface area contributed by atoms with E-state index in [2.05, 4.69) is 16.8 Å². The highest BCUT2D eigenvalue weighted by molar-refractivity contribution is 7.84. The van der Waals surface area contributed by atoms with Gasteiger partial charge in [0.05, 0.1) is 6.54 Å². The molecule has 1 N–H and O–H groups in total. The first kappa shape index (κ1) is 20.7. The zero-order chi connectivity index (χ0) is 20.1. The molecule has 1 spiro atoms. The highest BCUT2D eigenvalue weighted by Gasteiger charge is 2.52. The third kappa shape index (κ3) is 4.52. The molecule has 0 bridgehead atoms. The Morgan fingerprint density at radius 2 is 1.86 bits per heavy atom. The van der Waals surface area contributed by atoms with E-state index in [1.807, 2.05) is 18.2 Å². The van der Waals surface area contributed by atoms with Crippen molar-refractivity contribution >= 4 is 22.7 Å². The molecule has 7 heteroatoms. The van der Waals surface area contributed by atoms with Gasteiger partial charge >= 0.3 is 6.03 Å². The number of nitrogens with one attached hydrogen (secondary N) is 1. The van der Waals surface area contributed by atoms with Gasteiger partial charge in [-0.25, -0.2) is 4.79 Å². The van der Waals surface area contributed by atoms with Gasteiger partial charge in [-0.1, -0.05) is 18.2 Å². The van der Waals surface area contributed by atoms with E-state index in [1.165, 1.54) is 4.90 Å². The minimum atomic E-state index is -1.04. The van der Waals surface area contributed by atoms with Gasteiger partial charge in [-0.15, -0.1) is 6.58 Å². The van der Waals surface area contributed by atoms with Gasteiger partial charge in [0, 0.05) is 35.0 Å². The van der Waals surface area contributed by atoms with E-state index in [0.29, 0.717) is 12.8 Å². The van der Waals surface area contributed by atoms with Gasteiger partial charge < -0.3 is 10.2 Å². The summed E-state index contributed by atoms with van der Waals surface area (Å²) in [5.41, 5.74) is 0.105. The van der Waals surface area contributed by atoms with Crippen LogP contribution in [-0.2, 0) is 22.1 Å². The summed E-state index contributed by atoms with van der Waals surface area (Å²) in [4.78, 5) is 30.0. The largest absolute Gasteiger partial charge is 0.325 e. The fraction of sp³-hybridized carbons (Fsp3) is 0.524. The van der Waals surface area contributed by atoms with Crippen LogP contribution in [0.15, 0.2) is 41.8 Å². The maximum absolute atomic E-state index is 13.0. The van der Waals surface area contributed by atoms with Crippen LogP contribution in [-0.4, -0.2) is 57.4 Å². The number of nitrogens with zero attached hydrogens (tertiary/aromatic N) is 2. The molecule has 1 aromatic carbocycles. The van der Waals surface area contributed by atoms with Gasteiger partial charge in [0.1, 0.15) is 5.54 Å². The summed E-state index contributed by atoms with van der Waals surface area (Å²) in [6.07, 6.45) is 8.19. The quantitative estimate of drug-likeness (QED) is 0.412. The summed E-state index contributed by atoms with van der Waals surface area (Å²) < 4.78 is 11.5. The Balaban J connectivity index is 1.57. The highest BCUT2D eigenvalue weighted by atomic mass is 32.2. The van der Waals surface area contributed by atoms with E-state index in [0.717, 1.165) is 49.4 Å². The molecule has 2 saturated heterocycles. The van der Waals surface area contributed by atoms with E-state index in [9.17, 15) is 13.8 Å². The van der Waals surface area contributed by atoms with Crippen molar-refractivity contribution in [1.29, 1.82) is 0 Å². The van der Waals surface area contributed by atoms with E-state index < -0.39 is 16.3 Å². The van der Waals surface area contributed by atoms with Crippen molar-refractivity contribution in [2.45, 2.75) is 49.1 Å². The van der Waals surface area contributed by atoms with E-state index in [-0.39, 0.29) is 18.5 Å². The number of hydrogen-bond donors (Lipinski definition) is 1. The molecule has 28 heavy (non-hydrogen) atoms. The number of urea groups is 1. The average molecular weight is 404 g/mol. The number of imide groups is 1. The molecule has 2 aliphatic heterocycles. The molecule has 3 amide bonds. The smallest absolute Gasteiger partial charge is 0.323 e. The molecule has 1 atom stereocenters. The summed E-state index contributed by atoms with van der Waals surface area (Å²) in [5.74, 6) is -0.119. The van der Waals surface area contributed by atoms with Gasteiger partial charge in [-0.3, -0.25) is 13.9 Å². The van der Waals surface area contributed by atoms with Crippen LogP contribution in [0.25, 0.3) is 0 Å². The second-order valence-corrected chi connectivity index (χ2v) is 9.01. The normalized spacial score (nSPS) is 20.4. The lowest BCUT2D eigenvalue weighted by molar-refractivity contribution is -0.133. The summed E-state index contributed by atoms with van der Waals surface area (Å²) >= 11 is 0. The van der Waals surface area contributed by atoms with Crippen LogP contribution in [0, 0.1) is 0 Å². The average Bonchev–Trinajstić information content (AvgIpc) is 2.91. The summed E-state index contributed by atoms with van der Waals surface area (Å²) in [6, 6.07) is 6.91. The first-order chi connectivity index (χ1) is 13.4. The second kappa shape index (κ2) is 9.01. The molecule has 152 valence electrons. The lowest BCUT2D eigenvalue weighted by Gasteiger charge is -2.37. The molecule has 0 aromatic heterocycles. The maximum atomic E-state index is 13.0. The van der Waals surface area contributed by atoms with Crippen LogP contribution >= 0.6 is 0 Å². The number of carbonyl (C=O) groups excluding carboxylic acids is 2. The summed E-state index contributed by atoms with van der Waals surface area (Å²) in [5, 5.41) is 2.96. The van der Waals surface area contributed by atoms with Crippen LogP contribution in [0.5, 0.6) is 0 Å². The Kier molecular flexibility index (Phi) is 6.67. The van der Waals surface area contributed by atoms with E-state index in [1.54, 1.807) is 18.4 Å². The summed E-state index contributed by atoms with van der Waals surface area (Å²) in [6.45, 7) is 6.67. The number of likely N-dealkylation sites (tertiary alicyclic amines) is 1. The van der Waals surface area contributed by atoms with Crippen molar-refractivity contribution in [3.05, 3.63) is 42.5 Å². The minimum absolute atomic E-state index is 0.119. The zero-order valence-electron chi connectivity index (χ0n) is 16.5. The van der Waals surface area contributed by atoms with Gasteiger partial charge in [-0.2, -0.15) is 0 Å². The molecule has 2 aliphatic rings. The third-order valence-corrected chi connectivity index (χ3v) is 6.62. The third-order valence-electron chi connectivity index (χ3n) is 5.68. The lowest BCUT2D eigenvalue weighted by Crippen LogP contribution is -2.55. The molecule has 0 aliphatic carbocycles. The Morgan fingerprint density at radius 3 is 2.46 bits per heavy atom. The first-order valence-electron chi connectivity index (χ1n) is 9.85. The number of allylic oxidation sites excluding steroid dienone is 1. The Bertz CT molecular complexity index is 755. The number of rotatable bonds is 8. The molecule has 1 unspecified atom stereocenters.